The van der Waals surface area contributed by atoms with Crippen LogP contribution in [0, 0.1) is 5.92 Å². The molecule has 3 N–H and O–H groups in total. The van der Waals surface area contributed by atoms with Crippen LogP contribution in [0.5, 0.6) is 0 Å². The third kappa shape index (κ3) is 8.50. The second kappa shape index (κ2) is 11.9. The molecule has 0 aromatic heterocycles. The number of epoxide rings is 1. The quantitative estimate of drug-likeness (QED) is 0.264. The van der Waals surface area contributed by atoms with E-state index in [4.69, 9.17) is 9.84 Å². The number of carbonyl (C=O) groups excluding carboxylic acids is 2. The van der Waals surface area contributed by atoms with Gasteiger partial charge in [-0.15, -0.1) is 0 Å². The van der Waals surface area contributed by atoms with Gasteiger partial charge in [-0.25, -0.2) is 4.79 Å². The van der Waals surface area contributed by atoms with Crippen molar-refractivity contribution in [2.75, 3.05) is 26.2 Å². The van der Waals surface area contributed by atoms with Crippen molar-refractivity contribution in [2.24, 2.45) is 5.92 Å². The predicted octanol–water partition coefficient (Wildman–Crippen LogP) is -3.06. The normalized spacial score (nSPS) is 19.9. The number of aliphatic carboxylic acids is 1. The Kier molecular flexibility index (Phi) is 11.5. The number of likely N-dealkylation sites (N-methyl/N-ethyl adjacent to an activating group) is 1. The molecule has 140 valence electrons. The molecule has 0 spiro atoms. The minimum absolute atomic E-state index is 0. The second-order valence-corrected chi connectivity index (χ2v) is 6.32. The fourth-order valence-corrected chi connectivity index (χ4v) is 2.46. The van der Waals surface area contributed by atoms with Crippen molar-refractivity contribution in [3.63, 3.8) is 0 Å². The molecule has 0 aromatic carbocycles. The molecule has 0 aromatic rings. The van der Waals surface area contributed by atoms with E-state index in [1.807, 2.05) is 13.8 Å². The molecular formula is C16H30N3NaO5. The van der Waals surface area contributed by atoms with Crippen LogP contribution >= 0.6 is 0 Å². The van der Waals surface area contributed by atoms with Crippen molar-refractivity contribution in [1.29, 1.82) is 0 Å². The van der Waals surface area contributed by atoms with Gasteiger partial charge in [0.2, 0.25) is 5.91 Å². The van der Waals surface area contributed by atoms with Gasteiger partial charge in [0, 0.05) is 13.1 Å². The van der Waals surface area contributed by atoms with E-state index in [0.717, 1.165) is 19.6 Å². The average Bonchev–Trinajstić information content (AvgIpc) is 3.31. The number of nitrogens with zero attached hydrogens (tertiary/aromatic N) is 1. The van der Waals surface area contributed by atoms with Gasteiger partial charge in [-0.3, -0.25) is 9.59 Å². The summed E-state index contributed by atoms with van der Waals surface area (Å²) in [7, 11) is 0. The topological polar surface area (TPSA) is 111 Å². The van der Waals surface area contributed by atoms with E-state index in [1.165, 1.54) is 0 Å². The van der Waals surface area contributed by atoms with Gasteiger partial charge < -0.3 is 26.8 Å². The van der Waals surface area contributed by atoms with E-state index < -0.39 is 30.1 Å². The van der Waals surface area contributed by atoms with E-state index in [2.05, 4.69) is 29.4 Å². The molecule has 8 nitrogen and oxygen atoms in total. The van der Waals surface area contributed by atoms with Crippen molar-refractivity contribution in [3.05, 3.63) is 0 Å². The van der Waals surface area contributed by atoms with Crippen molar-refractivity contribution in [1.82, 2.24) is 15.5 Å². The Labute approximate surface area is 172 Å². The molecular weight excluding hydrogens is 337 g/mol. The maximum atomic E-state index is 12.3. The zero-order chi connectivity index (χ0) is 18.3. The first-order chi connectivity index (χ1) is 11.3. The largest absolute Gasteiger partial charge is 1.00 e. The summed E-state index contributed by atoms with van der Waals surface area (Å²) in [6, 6.07) is -0.687. The van der Waals surface area contributed by atoms with Gasteiger partial charge in [-0.1, -0.05) is 27.7 Å². The number of hydrogen-bond acceptors (Lipinski definition) is 5. The van der Waals surface area contributed by atoms with Crippen molar-refractivity contribution < 1.29 is 55.2 Å². The molecule has 1 aliphatic rings. The monoisotopic (exact) mass is 367 g/mol. The molecule has 0 saturated carbocycles. The van der Waals surface area contributed by atoms with E-state index in [0.29, 0.717) is 13.0 Å². The van der Waals surface area contributed by atoms with Crippen LogP contribution in [-0.4, -0.2) is 72.2 Å². The van der Waals surface area contributed by atoms with Crippen LogP contribution in [0.1, 0.15) is 35.5 Å². The number of carboxylic acids is 1. The number of hydrogen-bond donors (Lipinski definition) is 3. The zero-order valence-electron chi connectivity index (χ0n) is 16.9. The molecule has 2 unspecified atom stereocenters. The summed E-state index contributed by atoms with van der Waals surface area (Å²) >= 11 is 0. The summed E-state index contributed by atoms with van der Waals surface area (Å²) in [6.45, 7) is 11.1. The zero-order valence-corrected chi connectivity index (χ0v) is 17.9. The van der Waals surface area contributed by atoms with Crippen LogP contribution in [0.15, 0.2) is 0 Å². The van der Waals surface area contributed by atoms with Gasteiger partial charge in [-0.05, 0) is 25.4 Å². The number of ether oxygens (including phenoxy) is 1. The molecule has 1 saturated heterocycles. The third-order valence-corrected chi connectivity index (χ3v) is 3.96. The summed E-state index contributed by atoms with van der Waals surface area (Å²) in [6.07, 6.45) is -1.62. The van der Waals surface area contributed by atoms with Crippen LogP contribution in [0.4, 0.5) is 0 Å². The first-order valence-electron chi connectivity index (χ1n) is 8.48. The third-order valence-electron chi connectivity index (χ3n) is 3.96. The maximum Gasteiger partial charge on any atom is 1.00 e. The molecule has 1 rings (SSSR count). The number of rotatable bonds is 11. The summed E-state index contributed by atoms with van der Waals surface area (Å²) in [4.78, 5) is 37.3. The molecule has 25 heavy (non-hydrogen) atoms. The molecule has 2 amide bonds. The minimum Gasteiger partial charge on any atom is -1.00 e. The van der Waals surface area contributed by atoms with Gasteiger partial charge in [0.05, 0.1) is 0 Å². The van der Waals surface area contributed by atoms with Gasteiger partial charge in [-0.2, -0.15) is 0 Å². The minimum atomic E-state index is -1.17. The van der Waals surface area contributed by atoms with E-state index >= 15 is 0 Å². The summed E-state index contributed by atoms with van der Waals surface area (Å²) in [5.41, 5.74) is 0. The Morgan fingerprint density at radius 3 is 2.24 bits per heavy atom. The fourth-order valence-electron chi connectivity index (χ4n) is 2.46. The number of nitrogens with one attached hydrogen (secondary N) is 2. The molecule has 3 atom stereocenters. The SMILES string of the molecule is CCN(CC)CCNC(=O)[C@H](CC(C)C)NC(=O)C1OC1C(=O)O.[H-].[Na+]. The molecule has 9 heteroatoms. The van der Waals surface area contributed by atoms with E-state index in [1.54, 1.807) is 0 Å². The number of carboxylic acid groups (broad SMARTS) is 1. The summed E-state index contributed by atoms with van der Waals surface area (Å²) in [5.74, 6) is -1.76. The Hall–Kier alpha value is -0.670. The Bertz CT molecular complexity index is 463. The molecule has 0 aliphatic carbocycles. The Morgan fingerprint density at radius 1 is 1.20 bits per heavy atom. The molecule has 1 fully saturated rings. The maximum absolute atomic E-state index is 12.3. The van der Waals surface area contributed by atoms with Gasteiger partial charge in [0.25, 0.3) is 5.91 Å². The molecule has 1 heterocycles. The standard InChI is InChI=1S/C16H29N3O5.Na.H/c1-5-19(6-2)8-7-17-14(20)11(9-10(3)4)18-15(21)12-13(24-12)16(22)23;;/h10-13H,5-9H2,1-4H3,(H,17,20)(H,18,21)(H,22,23);;/q;+1;-1/t11-,12?,13?;;/m0../s1. The summed E-state index contributed by atoms with van der Waals surface area (Å²) < 4.78 is 4.82. The predicted molar refractivity (Wildman–Crippen MR) is 89.6 cm³/mol. The number of amides is 2. The Morgan fingerprint density at radius 2 is 1.80 bits per heavy atom. The fraction of sp³-hybridized carbons (Fsp3) is 0.812. The van der Waals surface area contributed by atoms with E-state index in [-0.39, 0.29) is 42.8 Å². The average molecular weight is 367 g/mol. The molecule has 1 aliphatic heterocycles. The molecule has 0 bridgehead atoms. The van der Waals surface area contributed by atoms with Crippen LogP contribution in [0.25, 0.3) is 0 Å². The second-order valence-electron chi connectivity index (χ2n) is 6.32. The smallest absolute Gasteiger partial charge is 1.00 e. The van der Waals surface area contributed by atoms with Crippen molar-refractivity contribution in [2.45, 2.75) is 52.4 Å². The molecule has 0 radical (unpaired) electrons. The van der Waals surface area contributed by atoms with Crippen LogP contribution < -0.4 is 40.2 Å². The first kappa shape index (κ1) is 24.3. The summed E-state index contributed by atoms with van der Waals surface area (Å²) in [5, 5.41) is 14.2. The van der Waals surface area contributed by atoms with E-state index in [9.17, 15) is 14.4 Å². The van der Waals surface area contributed by atoms with Crippen LogP contribution in [0.3, 0.4) is 0 Å². The van der Waals surface area contributed by atoms with Crippen molar-refractivity contribution in [3.8, 4) is 0 Å². The van der Waals surface area contributed by atoms with Crippen LogP contribution in [0.2, 0.25) is 0 Å². The van der Waals surface area contributed by atoms with Crippen molar-refractivity contribution >= 4 is 17.8 Å². The van der Waals surface area contributed by atoms with Crippen LogP contribution in [-0.2, 0) is 19.1 Å². The Balaban J connectivity index is 0. The van der Waals surface area contributed by atoms with Gasteiger partial charge in [0.1, 0.15) is 6.04 Å². The van der Waals surface area contributed by atoms with Gasteiger partial charge in [0.15, 0.2) is 12.2 Å². The number of carbonyl (C=O) groups is 3. The first-order valence-corrected chi connectivity index (χ1v) is 8.48. The van der Waals surface area contributed by atoms with Gasteiger partial charge >= 0.3 is 35.5 Å².